The van der Waals surface area contributed by atoms with E-state index >= 15 is 0 Å². The van der Waals surface area contributed by atoms with Gasteiger partial charge in [-0.1, -0.05) is 25.4 Å². The normalized spacial score (nSPS) is 12.5. The molecule has 0 amide bonds. The predicted molar refractivity (Wildman–Crippen MR) is 72.7 cm³/mol. The third kappa shape index (κ3) is 5.42. The summed E-state index contributed by atoms with van der Waals surface area (Å²) in [7, 11) is 0. The highest BCUT2D eigenvalue weighted by molar-refractivity contribution is 6.32. The molecule has 19 heavy (non-hydrogen) atoms. The van der Waals surface area contributed by atoms with Gasteiger partial charge in [-0.05, 0) is 6.07 Å². The van der Waals surface area contributed by atoms with Crippen molar-refractivity contribution >= 4 is 17.3 Å². The summed E-state index contributed by atoms with van der Waals surface area (Å²) in [5, 5.41) is 23.6. The van der Waals surface area contributed by atoms with Gasteiger partial charge < -0.3 is 15.2 Å². The topological polar surface area (TPSA) is 84.6 Å². The summed E-state index contributed by atoms with van der Waals surface area (Å²) in [5.74, 6) is 0.194. The second-order valence-electron chi connectivity index (χ2n) is 4.40. The summed E-state index contributed by atoms with van der Waals surface area (Å²) in [6, 6.07) is 4.20. The van der Waals surface area contributed by atoms with Crippen molar-refractivity contribution in [3.8, 4) is 5.75 Å². The largest absolute Gasteiger partial charge is 0.489 e. The molecule has 1 aromatic carbocycles. The molecule has 106 valence electrons. The van der Waals surface area contributed by atoms with Crippen LogP contribution in [0.1, 0.15) is 13.8 Å². The number of benzene rings is 1. The summed E-state index contributed by atoms with van der Waals surface area (Å²) in [5.41, 5.74) is -0.103. The number of nitro groups is 1. The fourth-order valence-corrected chi connectivity index (χ4v) is 1.50. The molecular weight excluding hydrogens is 272 g/mol. The molecule has 0 aliphatic heterocycles. The molecule has 1 atom stereocenters. The Morgan fingerprint density at radius 2 is 2.21 bits per heavy atom. The van der Waals surface area contributed by atoms with Gasteiger partial charge in [0.2, 0.25) is 0 Å². The first kappa shape index (κ1) is 15.7. The van der Waals surface area contributed by atoms with E-state index < -0.39 is 11.0 Å². The van der Waals surface area contributed by atoms with Crippen molar-refractivity contribution in [3.05, 3.63) is 33.3 Å². The van der Waals surface area contributed by atoms with Gasteiger partial charge in [-0.25, -0.2) is 0 Å². The van der Waals surface area contributed by atoms with E-state index in [0.29, 0.717) is 6.54 Å². The summed E-state index contributed by atoms with van der Waals surface area (Å²) >= 11 is 5.87. The minimum absolute atomic E-state index is 0.0145. The maximum absolute atomic E-state index is 10.6. The Morgan fingerprint density at radius 3 is 2.79 bits per heavy atom. The van der Waals surface area contributed by atoms with Crippen molar-refractivity contribution in [3.63, 3.8) is 0 Å². The Morgan fingerprint density at radius 1 is 1.53 bits per heavy atom. The van der Waals surface area contributed by atoms with E-state index in [2.05, 4.69) is 5.32 Å². The fraction of sp³-hybridized carbons (Fsp3) is 0.500. The van der Waals surface area contributed by atoms with Gasteiger partial charge in [0, 0.05) is 18.7 Å². The third-order valence-electron chi connectivity index (χ3n) is 2.32. The summed E-state index contributed by atoms with van der Waals surface area (Å²) in [6.45, 7) is 4.32. The molecule has 0 aromatic heterocycles. The number of aliphatic hydroxyl groups is 1. The fourth-order valence-electron chi connectivity index (χ4n) is 1.33. The second kappa shape index (κ2) is 7.28. The molecule has 0 aliphatic carbocycles. The maximum Gasteiger partial charge on any atom is 0.273 e. The number of nitro benzene ring substituents is 1. The number of aliphatic hydroxyl groups excluding tert-OH is 1. The van der Waals surface area contributed by atoms with Crippen LogP contribution in [0, 0.1) is 10.1 Å². The van der Waals surface area contributed by atoms with E-state index in [-0.39, 0.29) is 29.1 Å². The Balaban J connectivity index is 2.57. The number of nitrogens with one attached hydrogen (secondary N) is 1. The number of non-ortho nitro benzene ring substituents is 1. The van der Waals surface area contributed by atoms with Crippen LogP contribution in [0.5, 0.6) is 5.75 Å². The van der Waals surface area contributed by atoms with E-state index in [4.69, 9.17) is 16.3 Å². The molecule has 0 saturated heterocycles. The van der Waals surface area contributed by atoms with E-state index in [1.807, 2.05) is 13.8 Å². The molecule has 7 heteroatoms. The van der Waals surface area contributed by atoms with Gasteiger partial charge in [-0.3, -0.25) is 10.1 Å². The lowest BCUT2D eigenvalue weighted by atomic mass is 10.3. The zero-order chi connectivity index (χ0) is 14.4. The lowest BCUT2D eigenvalue weighted by Crippen LogP contribution is -2.35. The van der Waals surface area contributed by atoms with Crippen LogP contribution < -0.4 is 10.1 Å². The van der Waals surface area contributed by atoms with Gasteiger partial charge in [0.15, 0.2) is 0 Å². The monoisotopic (exact) mass is 288 g/mol. The molecule has 0 fully saturated rings. The Hall–Kier alpha value is -1.37. The standard InChI is InChI=1S/C12H17ClN2O4/c1-8(2)14-6-10(16)7-19-12-5-9(15(17)18)3-4-11(12)13/h3-5,8,10,14,16H,6-7H2,1-2H3. The van der Waals surface area contributed by atoms with Crippen LogP contribution in [0.4, 0.5) is 5.69 Å². The molecule has 1 rings (SSSR count). The predicted octanol–water partition coefficient (Wildman–Crippen LogP) is 1.99. The zero-order valence-electron chi connectivity index (χ0n) is 10.8. The highest BCUT2D eigenvalue weighted by Gasteiger charge is 2.12. The van der Waals surface area contributed by atoms with Crippen molar-refractivity contribution in [1.82, 2.24) is 5.32 Å². The van der Waals surface area contributed by atoms with Crippen LogP contribution in [0.15, 0.2) is 18.2 Å². The first-order valence-corrected chi connectivity index (χ1v) is 6.26. The first-order chi connectivity index (χ1) is 8.90. The van der Waals surface area contributed by atoms with Crippen LogP contribution in [-0.2, 0) is 0 Å². The maximum atomic E-state index is 10.6. The highest BCUT2D eigenvalue weighted by atomic mass is 35.5. The van der Waals surface area contributed by atoms with Crippen molar-refractivity contribution in [2.24, 2.45) is 0 Å². The molecule has 0 saturated carbocycles. The molecule has 2 N–H and O–H groups in total. The van der Waals surface area contributed by atoms with Crippen LogP contribution in [0.25, 0.3) is 0 Å². The number of hydrogen-bond acceptors (Lipinski definition) is 5. The molecule has 1 unspecified atom stereocenters. The number of halogens is 1. The van der Waals surface area contributed by atoms with E-state index in [1.165, 1.54) is 18.2 Å². The van der Waals surface area contributed by atoms with Crippen molar-refractivity contribution in [2.45, 2.75) is 26.0 Å². The molecule has 0 aliphatic rings. The molecule has 0 bridgehead atoms. The van der Waals surface area contributed by atoms with Crippen molar-refractivity contribution in [2.75, 3.05) is 13.2 Å². The first-order valence-electron chi connectivity index (χ1n) is 5.88. The average Bonchev–Trinajstić information content (AvgIpc) is 2.35. The smallest absolute Gasteiger partial charge is 0.273 e. The van der Waals surface area contributed by atoms with Gasteiger partial charge >= 0.3 is 0 Å². The molecule has 0 spiro atoms. The molecule has 0 radical (unpaired) electrons. The van der Waals surface area contributed by atoms with E-state index in [1.54, 1.807) is 0 Å². The quantitative estimate of drug-likeness (QED) is 0.592. The second-order valence-corrected chi connectivity index (χ2v) is 4.81. The molecule has 0 heterocycles. The lowest BCUT2D eigenvalue weighted by Gasteiger charge is -2.15. The SMILES string of the molecule is CC(C)NCC(O)COc1cc([N+](=O)[O-])ccc1Cl. The van der Waals surface area contributed by atoms with Gasteiger partial charge in [-0.15, -0.1) is 0 Å². The van der Waals surface area contributed by atoms with Gasteiger partial charge in [0.25, 0.3) is 5.69 Å². The average molecular weight is 289 g/mol. The van der Waals surface area contributed by atoms with Gasteiger partial charge in [0.1, 0.15) is 18.5 Å². The van der Waals surface area contributed by atoms with Crippen molar-refractivity contribution < 1.29 is 14.8 Å². The van der Waals surface area contributed by atoms with Gasteiger partial charge in [-0.2, -0.15) is 0 Å². The van der Waals surface area contributed by atoms with Crippen LogP contribution >= 0.6 is 11.6 Å². The van der Waals surface area contributed by atoms with Gasteiger partial charge in [0.05, 0.1) is 16.0 Å². The number of hydrogen-bond donors (Lipinski definition) is 2. The van der Waals surface area contributed by atoms with Crippen LogP contribution in [0.2, 0.25) is 5.02 Å². The summed E-state index contributed by atoms with van der Waals surface area (Å²) < 4.78 is 5.30. The summed E-state index contributed by atoms with van der Waals surface area (Å²) in [4.78, 5) is 10.1. The Kier molecular flexibility index (Phi) is 6.01. The van der Waals surface area contributed by atoms with E-state index in [9.17, 15) is 15.2 Å². The van der Waals surface area contributed by atoms with E-state index in [0.717, 1.165) is 0 Å². The third-order valence-corrected chi connectivity index (χ3v) is 2.63. The Bertz CT molecular complexity index is 440. The lowest BCUT2D eigenvalue weighted by molar-refractivity contribution is -0.384. The minimum Gasteiger partial charge on any atom is -0.489 e. The molecule has 6 nitrogen and oxygen atoms in total. The number of rotatable bonds is 7. The van der Waals surface area contributed by atoms with Crippen molar-refractivity contribution in [1.29, 1.82) is 0 Å². The summed E-state index contributed by atoms with van der Waals surface area (Å²) in [6.07, 6.45) is -0.710. The number of nitrogens with zero attached hydrogens (tertiary/aromatic N) is 1. The Labute approximate surface area is 116 Å². The zero-order valence-corrected chi connectivity index (χ0v) is 11.6. The highest BCUT2D eigenvalue weighted by Crippen LogP contribution is 2.28. The molecular formula is C12H17ClN2O4. The molecule has 1 aromatic rings. The minimum atomic E-state index is -0.710. The van der Waals surface area contributed by atoms with Crippen LogP contribution in [-0.4, -0.2) is 35.3 Å². The number of ether oxygens (including phenoxy) is 1. The van der Waals surface area contributed by atoms with Crippen LogP contribution in [0.3, 0.4) is 0 Å².